The average molecular weight is 700 g/mol. The summed E-state index contributed by atoms with van der Waals surface area (Å²) >= 11 is 11.8. The van der Waals surface area contributed by atoms with E-state index in [0.717, 1.165) is 16.8 Å². The van der Waals surface area contributed by atoms with E-state index in [1.165, 1.54) is 0 Å². The molecule has 1 aliphatic rings. The second kappa shape index (κ2) is 15.3. The summed E-state index contributed by atoms with van der Waals surface area (Å²) in [5, 5.41) is 10.4. The van der Waals surface area contributed by atoms with Gasteiger partial charge in [-0.25, -0.2) is 9.97 Å². The molecule has 0 radical (unpaired) electrons. The van der Waals surface area contributed by atoms with Crippen molar-refractivity contribution >= 4 is 58.4 Å². The molecule has 5 aromatic rings. The van der Waals surface area contributed by atoms with Crippen molar-refractivity contribution in [2.75, 3.05) is 68.5 Å². The van der Waals surface area contributed by atoms with Gasteiger partial charge in [0.05, 0.1) is 45.9 Å². The highest BCUT2D eigenvalue weighted by atomic mass is 35.5. The first-order valence-electron chi connectivity index (χ1n) is 15.3. The zero-order valence-electron chi connectivity index (χ0n) is 27.3. The summed E-state index contributed by atoms with van der Waals surface area (Å²) < 4.78 is 22.3. The number of anilines is 5. The molecular formula is C34H34ClN9O4S. The normalized spacial score (nSPS) is 12.6. The Balaban J connectivity index is 1.39. The van der Waals surface area contributed by atoms with Gasteiger partial charge in [0.25, 0.3) is 0 Å². The maximum absolute atomic E-state index is 6.20. The molecule has 2 aromatic heterocycles. The van der Waals surface area contributed by atoms with Crippen LogP contribution in [0, 0.1) is 6.92 Å². The molecule has 0 atom stereocenters. The number of nitrogens with one attached hydrogen (secondary N) is 3. The van der Waals surface area contributed by atoms with Gasteiger partial charge in [-0.05, 0) is 61.6 Å². The molecule has 0 bridgehead atoms. The molecule has 3 aromatic carbocycles. The van der Waals surface area contributed by atoms with Crippen LogP contribution in [0.5, 0.6) is 17.2 Å². The van der Waals surface area contributed by atoms with Crippen molar-refractivity contribution in [3.8, 4) is 39.8 Å². The molecule has 15 heteroatoms. The van der Waals surface area contributed by atoms with Crippen LogP contribution in [-0.4, -0.2) is 77.7 Å². The van der Waals surface area contributed by atoms with Crippen LogP contribution in [0.2, 0.25) is 5.02 Å². The number of aromatic nitrogens is 5. The number of morpholine rings is 1. The smallest absolute Gasteiger partial charge is 0.236 e. The second-order valence-corrected chi connectivity index (χ2v) is 11.7. The first-order valence-corrected chi connectivity index (χ1v) is 16.1. The summed E-state index contributed by atoms with van der Waals surface area (Å²) in [4.78, 5) is 25.7. The summed E-state index contributed by atoms with van der Waals surface area (Å²) in [6, 6.07) is 20.8. The van der Waals surface area contributed by atoms with Crippen molar-refractivity contribution in [1.82, 2.24) is 24.9 Å². The molecule has 1 fully saturated rings. The van der Waals surface area contributed by atoms with Crippen LogP contribution in [-0.2, 0) is 4.74 Å². The lowest BCUT2D eigenvalue weighted by Crippen LogP contribution is -2.37. The number of rotatable bonds is 10. The van der Waals surface area contributed by atoms with Gasteiger partial charge in [-0.3, -0.25) is 5.32 Å². The summed E-state index contributed by atoms with van der Waals surface area (Å²) in [6.07, 6.45) is 0. The predicted octanol–water partition coefficient (Wildman–Crippen LogP) is 6.37. The lowest BCUT2D eigenvalue weighted by Gasteiger charge is -2.27. The Morgan fingerprint density at radius 1 is 0.735 bits per heavy atom. The highest BCUT2D eigenvalue weighted by Gasteiger charge is 2.20. The van der Waals surface area contributed by atoms with Crippen molar-refractivity contribution in [2.45, 2.75) is 6.92 Å². The Labute approximate surface area is 294 Å². The topological polar surface area (TPSA) is 141 Å². The Bertz CT molecular complexity index is 1920. The molecule has 0 unspecified atom stereocenters. The van der Waals surface area contributed by atoms with Crippen LogP contribution in [0.3, 0.4) is 0 Å². The number of halogens is 1. The van der Waals surface area contributed by atoms with E-state index in [0.29, 0.717) is 76.6 Å². The minimum absolute atomic E-state index is 0.209. The monoisotopic (exact) mass is 699 g/mol. The second-order valence-electron chi connectivity index (χ2n) is 10.8. The number of aryl methyl sites for hydroxylation is 1. The average Bonchev–Trinajstić information content (AvgIpc) is 3.12. The number of nitrogens with zero attached hydrogens (tertiary/aromatic N) is 6. The van der Waals surface area contributed by atoms with Crippen molar-refractivity contribution in [3.05, 3.63) is 77.3 Å². The minimum Gasteiger partial charge on any atom is -0.493 e. The lowest BCUT2D eigenvalue weighted by atomic mass is 10.1. The molecule has 1 aliphatic heterocycles. The first kappa shape index (κ1) is 33.6. The van der Waals surface area contributed by atoms with Gasteiger partial charge in [0, 0.05) is 34.9 Å². The van der Waals surface area contributed by atoms with Gasteiger partial charge in [-0.1, -0.05) is 41.4 Å². The maximum atomic E-state index is 6.20. The van der Waals surface area contributed by atoms with Crippen molar-refractivity contribution in [2.24, 2.45) is 0 Å². The summed E-state index contributed by atoms with van der Waals surface area (Å²) in [6.45, 7) is 4.35. The van der Waals surface area contributed by atoms with Crippen LogP contribution in [0.15, 0.2) is 66.7 Å². The van der Waals surface area contributed by atoms with E-state index < -0.39 is 0 Å². The summed E-state index contributed by atoms with van der Waals surface area (Å²) in [5.74, 6) is 2.56. The highest BCUT2D eigenvalue weighted by Crippen LogP contribution is 2.41. The number of hydrogen-bond donors (Lipinski definition) is 3. The van der Waals surface area contributed by atoms with E-state index in [2.05, 4.69) is 25.9 Å². The minimum atomic E-state index is 0.209. The van der Waals surface area contributed by atoms with Crippen LogP contribution in [0.1, 0.15) is 5.56 Å². The van der Waals surface area contributed by atoms with E-state index in [-0.39, 0.29) is 17.8 Å². The van der Waals surface area contributed by atoms with Crippen molar-refractivity contribution in [1.29, 1.82) is 0 Å². The number of hydrogen-bond acceptors (Lipinski definition) is 12. The van der Waals surface area contributed by atoms with Crippen LogP contribution >= 0.6 is 23.8 Å². The van der Waals surface area contributed by atoms with E-state index >= 15 is 0 Å². The first-order chi connectivity index (χ1) is 23.8. The Morgan fingerprint density at radius 3 is 1.98 bits per heavy atom. The predicted molar refractivity (Wildman–Crippen MR) is 195 cm³/mol. The molecule has 3 N–H and O–H groups in total. The molecule has 0 aliphatic carbocycles. The van der Waals surface area contributed by atoms with E-state index in [1.807, 2.05) is 66.4 Å². The molecule has 1 saturated heterocycles. The molecule has 49 heavy (non-hydrogen) atoms. The number of thiocarbonyl (C=S) groups is 1. The Kier molecular flexibility index (Phi) is 10.5. The fraction of sp³-hybridized carbons (Fsp3) is 0.235. The molecule has 13 nitrogen and oxygen atoms in total. The fourth-order valence-electron chi connectivity index (χ4n) is 5.03. The number of methoxy groups -OCH3 is 3. The zero-order valence-corrected chi connectivity index (χ0v) is 28.9. The van der Waals surface area contributed by atoms with Gasteiger partial charge in [0.1, 0.15) is 0 Å². The van der Waals surface area contributed by atoms with Gasteiger partial charge in [0.15, 0.2) is 16.6 Å². The van der Waals surface area contributed by atoms with E-state index in [9.17, 15) is 0 Å². The SMILES string of the molecule is COc1cc(-c2cc(-c3ccc(Cl)cc3)nc(Nc3nc(NC(=S)Nc4ccc(C)cc4)nc(N4CCOCC4)n3)n2)cc(OC)c1OC. The maximum Gasteiger partial charge on any atom is 0.236 e. The van der Waals surface area contributed by atoms with Gasteiger partial charge in [-0.15, -0.1) is 0 Å². The van der Waals surface area contributed by atoms with Gasteiger partial charge in [0.2, 0.25) is 29.5 Å². The molecule has 0 amide bonds. The highest BCUT2D eigenvalue weighted by molar-refractivity contribution is 7.80. The van der Waals surface area contributed by atoms with Gasteiger partial charge in [-0.2, -0.15) is 15.0 Å². The number of ether oxygens (including phenoxy) is 4. The molecule has 6 rings (SSSR count). The Hall–Kier alpha value is -5.31. The molecule has 3 heterocycles. The van der Waals surface area contributed by atoms with Crippen LogP contribution in [0.25, 0.3) is 22.5 Å². The molecule has 252 valence electrons. The quantitative estimate of drug-likeness (QED) is 0.139. The zero-order chi connectivity index (χ0) is 34.3. The standard InChI is InChI=1S/C34H34ClN9O4S/c1-20-5-11-24(12-6-20)36-34(49)43-32-40-31(41-33(42-32)44-13-15-48-16-14-44)39-30-37-25(21-7-9-23(35)10-8-21)19-26(38-30)22-17-27(45-2)29(47-4)28(18-22)46-3/h5-12,17-19H,13-16H2,1-4H3,(H3,36,37,38,39,40,41,42,43,49). The Morgan fingerprint density at radius 2 is 1.35 bits per heavy atom. The van der Waals surface area contributed by atoms with E-state index in [1.54, 1.807) is 33.5 Å². The third kappa shape index (κ3) is 8.23. The molecule has 0 spiro atoms. The third-order valence-electron chi connectivity index (χ3n) is 7.50. The summed E-state index contributed by atoms with van der Waals surface area (Å²) in [5.41, 5.74) is 4.70. The van der Waals surface area contributed by atoms with Gasteiger partial charge >= 0.3 is 0 Å². The number of benzene rings is 3. The largest absolute Gasteiger partial charge is 0.493 e. The molecular weight excluding hydrogens is 666 g/mol. The fourth-order valence-corrected chi connectivity index (χ4v) is 5.37. The van der Waals surface area contributed by atoms with Crippen LogP contribution in [0.4, 0.5) is 29.5 Å². The lowest BCUT2D eigenvalue weighted by molar-refractivity contribution is 0.122. The van der Waals surface area contributed by atoms with Crippen LogP contribution < -0.4 is 35.1 Å². The van der Waals surface area contributed by atoms with Crippen molar-refractivity contribution < 1.29 is 18.9 Å². The van der Waals surface area contributed by atoms with Crippen molar-refractivity contribution in [3.63, 3.8) is 0 Å². The third-order valence-corrected chi connectivity index (χ3v) is 7.96. The molecule has 0 saturated carbocycles. The summed E-state index contributed by atoms with van der Waals surface area (Å²) in [7, 11) is 4.68. The van der Waals surface area contributed by atoms with Gasteiger partial charge < -0.3 is 34.5 Å². The van der Waals surface area contributed by atoms with E-state index in [4.69, 9.17) is 57.7 Å².